The number of halogens is 2. The number of aliphatic imine (C=N–C) groups is 1. The van der Waals surface area contributed by atoms with Gasteiger partial charge in [0.15, 0.2) is 5.70 Å². The maximum Gasteiger partial charge on any atom is 0.363 e. The van der Waals surface area contributed by atoms with Gasteiger partial charge >= 0.3 is 5.97 Å². The van der Waals surface area contributed by atoms with E-state index in [1.165, 1.54) is 6.92 Å². The lowest BCUT2D eigenvalue weighted by atomic mass is 10.1. The molecule has 1 heterocycles. The van der Waals surface area contributed by atoms with E-state index in [0.29, 0.717) is 36.1 Å². The van der Waals surface area contributed by atoms with E-state index >= 15 is 0 Å². The first-order chi connectivity index (χ1) is 14.5. The molecule has 1 aliphatic heterocycles. The summed E-state index contributed by atoms with van der Waals surface area (Å²) in [6.45, 7) is 2.85. The number of esters is 1. The van der Waals surface area contributed by atoms with Gasteiger partial charge in [-0.25, -0.2) is 9.79 Å². The summed E-state index contributed by atoms with van der Waals surface area (Å²) in [7, 11) is 0. The quantitative estimate of drug-likeness (QED) is 0.374. The number of ether oxygens (including phenoxy) is 1. The van der Waals surface area contributed by atoms with Crippen molar-refractivity contribution < 1.29 is 14.3 Å². The molecular formula is C22H21Cl2N3O3. The average molecular weight is 446 g/mol. The number of rotatable bonds is 8. The molecule has 0 bridgehead atoms. The van der Waals surface area contributed by atoms with Gasteiger partial charge in [-0.2, -0.15) is 0 Å². The zero-order valence-electron chi connectivity index (χ0n) is 16.4. The van der Waals surface area contributed by atoms with Crippen LogP contribution in [0.5, 0.6) is 0 Å². The van der Waals surface area contributed by atoms with Crippen LogP contribution in [0.1, 0.15) is 18.1 Å². The molecule has 0 saturated carbocycles. The van der Waals surface area contributed by atoms with Gasteiger partial charge in [0.1, 0.15) is 0 Å². The van der Waals surface area contributed by atoms with Gasteiger partial charge in [-0.15, -0.1) is 23.2 Å². The normalized spacial score (nSPS) is 14.4. The second kappa shape index (κ2) is 10.3. The van der Waals surface area contributed by atoms with Crippen LogP contribution in [0, 0.1) is 0 Å². The summed E-state index contributed by atoms with van der Waals surface area (Å²) < 4.78 is 5.30. The van der Waals surface area contributed by atoms with Crippen molar-refractivity contribution in [3.05, 3.63) is 65.4 Å². The molecule has 0 spiro atoms. The standard InChI is InChI=1S/C22H21Cl2N3O3/c1-15(28)25-18-6-4-17(5-7-18)21-26-20(22(29)30-21)14-16-2-8-19(9-3-16)27(12-10-23)13-11-24/h2-9,14H,10-13H2,1H3,(H,25,28)/b20-14-. The van der Waals surface area contributed by atoms with E-state index in [2.05, 4.69) is 15.2 Å². The lowest BCUT2D eigenvalue weighted by Crippen LogP contribution is -2.27. The summed E-state index contributed by atoms with van der Waals surface area (Å²) in [5.74, 6) is 0.589. The lowest BCUT2D eigenvalue weighted by Gasteiger charge is -2.22. The van der Waals surface area contributed by atoms with Crippen molar-refractivity contribution >= 4 is 58.4 Å². The van der Waals surface area contributed by atoms with Crippen LogP contribution in [-0.4, -0.2) is 42.6 Å². The minimum atomic E-state index is -0.508. The van der Waals surface area contributed by atoms with E-state index in [1.807, 2.05) is 24.3 Å². The zero-order chi connectivity index (χ0) is 21.5. The molecule has 0 aliphatic carbocycles. The minimum absolute atomic E-state index is 0.156. The van der Waals surface area contributed by atoms with E-state index in [-0.39, 0.29) is 17.5 Å². The fraction of sp³-hybridized carbons (Fsp3) is 0.227. The highest BCUT2D eigenvalue weighted by molar-refractivity contribution is 6.18. The van der Waals surface area contributed by atoms with Crippen molar-refractivity contribution in [3.8, 4) is 0 Å². The van der Waals surface area contributed by atoms with Gasteiger partial charge in [-0.1, -0.05) is 12.1 Å². The molecule has 0 aromatic heterocycles. The van der Waals surface area contributed by atoms with Crippen LogP contribution < -0.4 is 10.2 Å². The molecule has 30 heavy (non-hydrogen) atoms. The molecule has 6 nitrogen and oxygen atoms in total. The van der Waals surface area contributed by atoms with E-state index in [9.17, 15) is 9.59 Å². The molecule has 1 N–H and O–H groups in total. The number of amides is 1. The first-order valence-corrected chi connectivity index (χ1v) is 10.4. The van der Waals surface area contributed by atoms with Gasteiger partial charge in [0.2, 0.25) is 11.8 Å². The number of hydrogen-bond donors (Lipinski definition) is 1. The van der Waals surface area contributed by atoms with Gasteiger partial charge in [-0.05, 0) is 48.0 Å². The van der Waals surface area contributed by atoms with Crippen molar-refractivity contribution in [2.24, 2.45) is 4.99 Å². The summed E-state index contributed by atoms with van der Waals surface area (Å²) in [5, 5.41) is 2.68. The van der Waals surface area contributed by atoms with Crippen molar-refractivity contribution in [3.63, 3.8) is 0 Å². The van der Waals surface area contributed by atoms with Crippen LogP contribution in [0.25, 0.3) is 6.08 Å². The summed E-state index contributed by atoms with van der Waals surface area (Å²) in [6.07, 6.45) is 1.68. The number of alkyl halides is 2. The Morgan fingerprint density at radius 3 is 2.27 bits per heavy atom. The first-order valence-electron chi connectivity index (χ1n) is 9.37. The smallest absolute Gasteiger partial charge is 0.363 e. The number of anilines is 2. The van der Waals surface area contributed by atoms with E-state index < -0.39 is 5.97 Å². The Bertz CT molecular complexity index is 964. The molecular weight excluding hydrogens is 425 g/mol. The number of carbonyl (C=O) groups is 2. The van der Waals surface area contributed by atoms with Crippen molar-refractivity contribution in [1.29, 1.82) is 0 Å². The molecule has 2 aromatic carbocycles. The van der Waals surface area contributed by atoms with Gasteiger partial charge in [-0.3, -0.25) is 4.79 Å². The molecule has 156 valence electrons. The lowest BCUT2D eigenvalue weighted by molar-refractivity contribution is -0.129. The number of carbonyl (C=O) groups excluding carboxylic acids is 2. The predicted molar refractivity (Wildman–Crippen MR) is 121 cm³/mol. The van der Waals surface area contributed by atoms with Crippen LogP contribution in [0.15, 0.2) is 59.2 Å². The number of nitrogens with zero attached hydrogens (tertiary/aromatic N) is 2. The van der Waals surface area contributed by atoms with Gasteiger partial charge in [0.05, 0.1) is 0 Å². The third kappa shape index (κ3) is 5.62. The summed E-state index contributed by atoms with van der Waals surface area (Å²) in [4.78, 5) is 29.7. The fourth-order valence-corrected chi connectivity index (χ4v) is 3.35. The van der Waals surface area contributed by atoms with E-state index in [0.717, 1.165) is 11.3 Å². The Morgan fingerprint density at radius 1 is 1.07 bits per heavy atom. The predicted octanol–water partition coefficient (Wildman–Crippen LogP) is 4.27. The maximum absolute atomic E-state index is 12.2. The van der Waals surface area contributed by atoms with Gasteiger partial charge < -0.3 is 15.0 Å². The third-order valence-electron chi connectivity index (χ3n) is 4.34. The van der Waals surface area contributed by atoms with E-state index in [1.54, 1.807) is 30.3 Å². The number of cyclic esters (lactones) is 1. The molecule has 8 heteroatoms. The second-order valence-corrected chi connectivity index (χ2v) is 7.31. The largest absolute Gasteiger partial charge is 0.402 e. The Hall–Kier alpha value is -2.83. The van der Waals surface area contributed by atoms with Crippen molar-refractivity contribution in [2.45, 2.75) is 6.92 Å². The maximum atomic E-state index is 12.2. The van der Waals surface area contributed by atoms with Crippen LogP contribution in [0.2, 0.25) is 0 Å². The molecule has 0 unspecified atom stereocenters. The van der Waals surface area contributed by atoms with Gasteiger partial charge in [0, 0.05) is 48.7 Å². The minimum Gasteiger partial charge on any atom is -0.402 e. The average Bonchev–Trinajstić information content (AvgIpc) is 3.09. The van der Waals surface area contributed by atoms with Crippen molar-refractivity contribution in [2.75, 3.05) is 35.1 Å². The first kappa shape index (κ1) is 21.9. The molecule has 1 aliphatic rings. The molecule has 1 amide bonds. The highest BCUT2D eigenvalue weighted by atomic mass is 35.5. The number of hydrogen-bond acceptors (Lipinski definition) is 5. The SMILES string of the molecule is CC(=O)Nc1ccc(C2=N/C(=C\c3ccc(N(CCCl)CCCl)cc3)C(=O)O2)cc1. The number of nitrogens with one attached hydrogen (secondary N) is 1. The molecule has 0 fully saturated rings. The Balaban J connectivity index is 1.76. The fourth-order valence-electron chi connectivity index (χ4n) is 2.95. The van der Waals surface area contributed by atoms with Gasteiger partial charge in [0.25, 0.3) is 0 Å². The van der Waals surface area contributed by atoms with Crippen LogP contribution in [-0.2, 0) is 14.3 Å². The van der Waals surface area contributed by atoms with Crippen molar-refractivity contribution in [1.82, 2.24) is 0 Å². The monoisotopic (exact) mass is 445 g/mol. The van der Waals surface area contributed by atoms with Crippen LogP contribution in [0.4, 0.5) is 11.4 Å². The summed E-state index contributed by atoms with van der Waals surface area (Å²) in [6, 6.07) is 14.6. The second-order valence-electron chi connectivity index (χ2n) is 6.55. The summed E-state index contributed by atoms with van der Waals surface area (Å²) >= 11 is 11.7. The highest BCUT2D eigenvalue weighted by Crippen LogP contribution is 2.22. The molecule has 0 radical (unpaired) electrons. The zero-order valence-corrected chi connectivity index (χ0v) is 17.9. The Morgan fingerprint density at radius 2 is 1.70 bits per heavy atom. The van der Waals surface area contributed by atoms with E-state index in [4.69, 9.17) is 27.9 Å². The molecule has 0 saturated heterocycles. The number of benzene rings is 2. The summed E-state index contributed by atoms with van der Waals surface area (Å²) in [5.41, 5.74) is 3.37. The van der Waals surface area contributed by atoms with Crippen LogP contribution >= 0.6 is 23.2 Å². The van der Waals surface area contributed by atoms with Crippen LogP contribution in [0.3, 0.4) is 0 Å². The Kier molecular flexibility index (Phi) is 7.49. The Labute approximate surface area is 185 Å². The molecule has 2 aromatic rings. The topological polar surface area (TPSA) is 71.0 Å². The third-order valence-corrected chi connectivity index (χ3v) is 4.68. The molecule has 3 rings (SSSR count). The highest BCUT2D eigenvalue weighted by Gasteiger charge is 2.24. The molecule has 0 atom stereocenters.